The summed E-state index contributed by atoms with van der Waals surface area (Å²) in [5, 5.41) is 2.73. The summed E-state index contributed by atoms with van der Waals surface area (Å²) in [7, 11) is 3.81. The summed E-state index contributed by atoms with van der Waals surface area (Å²) < 4.78 is 5.60. The maximum atomic E-state index is 13.7. The average Bonchev–Trinajstić information content (AvgIpc) is 3.61. The molecule has 6 heteroatoms. The Balaban J connectivity index is 1.24. The standard InChI is InChI=1S/C40H50N4O2/c1-5-23-16-22-17-32-37-28(14-15-44(20-22)39(23)32)26-11-9-12-27(36(26)42-37)30-18-29-24(6-2)21-43(3)34(35(29)40(45)46-4)19-31-25-10-7-8-13-33(25)41-38(30)31/h7-13,22-24,29-30,32,34-35,39,41-42H,5-6,14-21H2,1-4H3. The molecule has 1 saturated carbocycles. The monoisotopic (exact) mass is 618 g/mol. The number of likely N-dealkylation sites (N-methyl/N-ethyl adjacent to an activating group) is 1. The van der Waals surface area contributed by atoms with Gasteiger partial charge in [0.1, 0.15) is 0 Å². The molecule has 2 aromatic heterocycles. The molecule has 0 amide bonds. The molecule has 3 saturated heterocycles. The van der Waals surface area contributed by atoms with Crippen LogP contribution in [-0.4, -0.2) is 71.6 Å². The molecule has 2 aliphatic carbocycles. The van der Waals surface area contributed by atoms with Crippen molar-refractivity contribution in [1.29, 1.82) is 0 Å². The second-order valence-corrected chi connectivity index (χ2v) is 15.6. The zero-order chi connectivity index (χ0) is 31.3. The fraction of sp³-hybridized carbons (Fsp3) is 0.575. The number of H-pyrrole nitrogens is 2. The van der Waals surface area contributed by atoms with Crippen LogP contribution in [0.5, 0.6) is 0 Å². The first-order valence-electron chi connectivity index (χ1n) is 18.2. The number of nitrogens with zero attached hydrogens (tertiary/aromatic N) is 2. The fourth-order valence-corrected chi connectivity index (χ4v) is 11.7. The average molecular weight is 619 g/mol. The van der Waals surface area contributed by atoms with Gasteiger partial charge in [-0.25, -0.2) is 0 Å². The number of aromatic nitrogens is 2. The number of rotatable bonds is 4. The molecule has 6 aliphatic rings. The number of fused-ring (bicyclic) bond motifs is 9. The van der Waals surface area contributed by atoms with Gasteiger partial charge in [0.2, 0.25) is 0 Å². The lowest BCUT2D eigenvalue weighted by atomic mass is 9.64. The number of benzene rings is 2. The van der Waals surface area contributed by atoms with E-state index in [0.717, 1.165) is 44.1 Å². The van der Waals surface area contributed by atoms with Crippen LogP contribution in [0.15, 0.2) is 42.5 Å². The molecule has 242 valence electrons. The Morgan fingerprint density at radius 3 is 2.57 bits per heavy atom. The molecule has 2 aromatic carbocycles. The van der Waals surface area contributed by atoms with E-state index in [1.54, 1.807) is 18.4 Å². The normalized spacial score (nSPS) is 35.3. The SMILES string of the molecule is CCC1CN(C)C2Cc3c([nH]c4ccccc34)C(c3cccc4c5c([nH]c34)C3CC4CC(CC)C3N(CC5)C4)CC1C2C(=O)OC. The lowest BCUT2D eigenvalue weighted by Gasteiger charge is -2.53. The van der Waals surface area contributed by atoms with Crippen LogP contribution in [0.1, 0.15) is 85.9 Å². The molecule has 0 spiro atoms. The van der Waals surface area contributed by atoms with Gasteiger partial charge in [-0.1, -0.05) is 63.1 Å². The number of nitrogens with one attached hydrogen (secondary N) is 2. The summed E-state index contributed by atoms with van der Waals surface area (Å²) >= 11 is 0. The minimum Gasteiger partial charge on any atom is -0.469 e. The van der Waals surface area contributed by atoms with Crippen LogP contribution in [-0.2, 0) is 22.4 Å². The maximum Gasteiger partial charge on any atom is 0.310 e. The highest BCUT2D eigenvalue weighted by Crippen LogP contribution is 2.53. The smallest absolute Gasteiger partial charge is 0.310 e. The van der Waals surface area contributed by atoms with E-state index < -0.39 is 0 Å². The summed E-state index contributed by atoms with van der Waals surface area (Å²) in [4.78, 5) is 27.2. The number of hydrogen-bond acceptors (Lipinski definition) is 4. The van der Waals surface area contributed by atoms with E-state index in [2.05, 4.69) is 83.1 Å². The topological polar surface area (TPSA) is 64.4 Å². The Bertz CT molecular complexity index is 1800. The van der Waals surface area contributed by atoms with E-state index in [1.807, 2.05) is 0 Å². The zero-order valence-electron chi connectivity index (χ0n) is 28.0. The molecule has 46 heavy (non-hydrogen) atoms. The molecule has 10 rings (SSSR count). The first-order valence-corrected chi connectivity index (χ1v) is 18.2. The van der Waals surface area contributed by atoms with E-state index in [9.17, 15) is 4.79 Å². The molecule has 6 heterocycles. The molecule has 0 radical (unpaired) electrons. The van der Waals surface area contributed by atoms with Gasteiger partial charge < -0.3 is 19.6 Å². The maximum absolute atomic E-state index is 13.7. The zero-order valence-corrected chi connectivity index (χ0v) is 28.0. The van der Waals surface area contributed by atoms with Crippen molar-refractivity contribution in [2.24, 2.45) is 29.6 Å². The van der Waals surface area contributed by atoms with Crippen molar-refractivity contribution in [3.05, 3.63) is 70.5 Å². The number of carbonyl (C=O) groups is 1. The highest BCUT2D eigenvalue weighted by molar-refractivity contribution is 5.90. The van der Waals surface area contributed by atoms with Crippen LogP contribution in [0, 0.1) is 29.6 Å². The molecule has 2 N–H and O–H groups in total. The Kier molecular flexibility index (Phi) is 6.94. The van der Waals surface area contributed by atoms with Gasteiger partial charge in [-0.2, -0.15) is 0 Å². The summed E-state index contributed by atoms with van der Waals surface area (Å²) in [5.41, 5.74) is 9.81. The third-order valence-electron chi connectivity index (χ3n) is 13.6. The fourth-order valence-electron chi connectivity index (χ4n) is 11.7. The number of methoxy groups -OCH3 is 1. The first kappa shape index (κ1) is 29.1. The third-order valence-corrected chi connectivity index (χ3v) is 13.6. The second-order valence-electron chi connectivity index (χ2n) is 15.6. The van der Waals surface area contributed by atoms with Gasteiger partial charge in [0.25, 0.3) is 0 Å². The Morgan fingerprint density at radius 2 is 1.74 bits per heavy atom. The Morgan fingerprint density at radius 1 is 0.913 bits per heavy atom. The molecule has 4 fully saturated rings. The molecule has 10 unspecified atom stereocenters. The van der Waals surface area contributed by atoms with Crippen LogP contribution in [0.25, 0.3) is 21.8 Å². The van der Waals surface area contributed by atoms with Gasteiger partial charge in [-0.05, 0) is 85.6 Å². The number of esters is 1. The first-order chi connectivity index (χ1) is 22.5. The van der Waals surface area contributed by atoms with E-state index >= 15 is 0 Å². The van der Waals surface area contributed by atoms with Crippen molar-refractivity contribution in [2.75, 3.05) is 33.8 Å². The van der Waals surface area contributed by atoms with Gasteiger partial charge in [0, 0.05) is 76.7 Å². The van der Waals surface area contributed by atoms with Crippen molar-refractivity contribution in [2.45, 2.75) is 82.7 Å². The van der Waals surface area contributed by atoms with Gasteiger partial charge in [-0.3, -0.25) is 9.69 Å². The molecule has 6 bridgehead atoms. The Labute approximate surface area is 273 Å². The largest absolute Gasteiger partial charge is 0.469 e. The summed E-state index contributed by atoms with van der Waals surface area (Å²) in [6.45, 7) is 8.23. The minimum atomic E-state index is -0.132. The highest BCUT2D eigenvalue weighted by atomic mass is 16.5. The molecule has 6 nitrogen and oxygen atoms in total. The van der Waals surface area contributed by atoms with Crippen LogP contribution in [0.3, 0.4) is 0 Å². The van der Waals surface area contributed by atoms with Gasteiger partial charge >= 0.3 is 5.97 Å². The van der Waals surface area contributed by atoms with Crippen LogP contribution in [0.2, 0.25) is 0 Å². The van der Waals surface area contributed by atoms with E-state index in [0.29, 0.717) is 17.9 Å². The van der Waals surface area contributed by atoms with Crippen molar-refractivity contribution < 1.29 is 9.53 Å². The number of piperidine rings is 3. The van der Waals surface area contributed by atoms with Gasteiger partial charge in [0.05, 0.1) is 13.0 Å². The Hall–Kier alpha value is -3.09. The van der Waals surface area contributed by atoms with Crippen molar-refractivity contribution >= 4 is 27.8 Å². The van der Waals surface area contributed by atoms with E-state index in [4.69, 9.17) is 4.74 Å². The van der Waals surface area contributed by atoms with E-state index in [1.165, 1.54) is 71.0 Å². The molecule has 4 aromatic rings. The molecular formula is C40H50N4O2. The van der Waals surface area contributed by atoms with Crippen LogP contribution in [0.4, 0.5) is 0 Å². The summed E-state index contributed by atoms with van der Waals surface area (Å²) in [6.07, 6.45) is 8.05. The molecular weight excluding hydrogens is 568 g/mol. The van der Waals surface area contributed by atoms with Crippen LogP contribution < -0.4 is 0 Å². The lowest BCUT2D eigenvalue weighted by molar-refractivity contribution is -0.155. The van der Waals surface area contributed by atoms with Crippen molar-refractivity contribution in [3.8, 4) is 0 Å². The summed E-state index contributed by atoms with van der Waals surface area (Å²) in [5.74, 6) is 2.97. The number of likely N-dealkylation sites (tertiary alicyclic amines) is 1. The number of para-hydroxylation sites is 2. The van der Waals surface area contributed by atoms with Crippen molar-refractivity contribution in [3.63, 3.8) is 0 Å². The summed E-state index contributed by atoms with van der Waals surface area (Å²) in [6, 6.07) is 16.7. The van der Waals surface area contributed by atoms with E-state index in [-0.39, 0.29) is 29.8 Å². The predicted molar refractivity (Wildman–Crippen MR) is 184 cm³/mol. The quantitative estimate of drug-likeness (QED) is 0.237. The number of ether oxygens (including phenoxy) is 1. The second kappa shape index (κ2) is 11.0. The van der Waals surface area contributed by atoms with Crippen LogP contribution >= 0.6 is 0 Å². The lowest BCUT2D eigenvalue weighted by Crippen LogP contribution is -2.56. The van der Waals surface area contributed by atoms with Crippen molar-refractivity contribution in [1.82, 2.24) is 19.8 Å². The molecule has 4 aliphatic heterocycles. The third kappa shape index (κ3) is 4.18. The van der Waals surface area contributed by atoms with Gasteiger partial charge in [0.15, 0.2) is 0 Å². The number of carbonyl (C=O) groups excluding carboxylic acids is 1. The minimum absolute atomic E-state index is 0.0331. The highest BCUT2D eigenvalue weighted by Gasteiger charge is 2.51. The molecule has 10 atom stereocenters. The number of hydrogen-bond donors (Lipinski definition) is 2. The number of aromatic amines is 2. The van der Waals surface area contributed by atoms with Gasteiger partial charge in [-0.15, -0.1) is 0 Å². The predicted octanol–water partition coefficient (Wildman–Crippen LogP) is 7.23.